The topological polar surface area (TPSA) is 50.4 Å². The summed E-state index contributed by atoms with van der Waals surface area (Å²) in [6.45, 7) is 0. The largest absolute Gasteiger partial charge is 0.457 e. The molecule has 0 unspecified atom stereocenters. The molecule has 0 atom stereocenters. The molecule has 126 valence electrons. The molecule has 3 rings (SSSR count). The maximum atomic E-state index is 13.5. The number of carbonyl (C=O) groups excluding carboxylic acids is 1. The van der Waals surface area contributed by atoms with E-state index >= 15 is 0 Å². The second kappa shape index (κ2) is 7.44. The lowest BCUT2D eigenvalue weighted by molar-refractivity contribution is 0.262. The first-order valence-corrected chi connectivity index (χ1v) is 7.46. The van der Waals surface area contributed by atoms with Crippen molar-refractivity contribution < 1.29 is 18.3 Å². The highest BCUT2D eigenvalue weighted by atomic mass is 19.1. The van der Waals surface area contributed by atoms with Crippen LogP contribution in [-0.4, -0.2) is 6.03 Å². The highest BCUT2D eigenvalue weighted by Gasteiger charge is 2.08. The second-order valence-electron chi connectivity index (χ2n) is 5.14. The summed E-state index contributed by atoms with van der Waals surface area (Å²) in [4.78, 5) is 11.9. The molecule has 3 aromatic rings. The SMILES string of the molecule is O=C(Nc1ccc(Oc2ccccc2)cc1)Nc1ccc(F)cc1F. The van der Waals surface area contributed by atoms with Crippen LogP contribution in [0.2, 0.25) is 0 Å². The first-order chi connectivity index (χ1) is 12.1. The molecule has 2 N–H and O–H groups in total. The van der Waals surface area contributed by atoms with Crippen LogP contribution in [0.3, 0.4) is 0 Å². The normalized spacial score (nSPS) is 10.2. The van der Waals surface area contributed by atoms with E-state index in [1.165, 1.54) is 0 Å². The van der Waals surface area contributed by atoms with E-state index in [1.54, 1.807) is 24.3 Å². The number of nitrogens with one attached hydrogen (secondary N) is 2. The molecule has 0 spiro atoms. The molecule has 0 radical (unpaired) electrons. The van der Waals surface area contributed by atoms with Gasteiger partial charge < -0.3 is 15.4 Å². The molecular formula is C19H14F2N2O2. The number of urea groups is 1. The molecule has 0 aliphatic rings. The van der Waals surface area contributed by atoms with Crippen molar-refractivity contribution in [3.63, 3.8) is 0 Å². The van der Waals surface area contributed by atoms with Crippen molar-refractivity contribution in [2.45, 2.75) is 0 Å². The Balaban J connectivity index is 1.60. The van der Waals surface area contributed by atoms with Gasteiger partial charge in [-0.2, -0.15) is 0 Å². The van der Waals surface area contributed by atoms with Crippen LogP contribution in [0, 0.1) is 11.6 Å². The number of anilines is 2. The van der Waals surface area contributed by atoms with Crippen LogP contribution >= 0.6 is 0 Å². The van der Waals surface area contributed by atoms with Crippen LogP contribution in [0.1, 0.15) is 0 Å². The molecule has 0 aromatic heterocycles. The van der Waals surface area contributed by atoms with Crippen molar-refractivity contribution >= 4 is 17.4 Å². The molecule has 0 fully saturated rings. The van der Waals surface area contributed by atoms with Gasteiger partial charge in [0.1, 0.15) is 23.1 Å². The summed E-state index contributed by atoms with van der Waals surface area (Å²) < 4.78 is 32.0. The lowest BCUT2D eigenvalue weighted by Crippen LogP contribution is -2.20. The number of ether oxygens (including phenoxy) is 1. The average Bonchev–Trinajstić information content (AvgIpc) is 2.60. The highest BCUT2D eigenvalue weighted by molar-refractivity contribution is 5.99. The van der Waals surface area contributed by atoms with Gasteiger partial charge in [-0.05, 0) is 48.5 Å². The summed E-state index contributed by atoms with van der Waals surface area (Å²) in [5.41, 5.74) is 0.392. The van der Waals surface area contributed by atoms with Gasteiger partial charge in [-0.1, -0.05) is 18.2 Å². The summed E-state index contributed by atoms with van der Waals surface area (Å²) in [5.74, 6) is -0.242. The van der Waals surface area contributed by atoms with Crippen LogP contribution in [0.15, 0.2) is 72.8 Å². The standard InChI is InChI=1S/C19H14F2N2O2/c20-13-6-11-18(17(21)12-13)23-19(24)22-14-7-9-16(10-8-14)25-15-4-2-1-3-5-15/h1-12H,(H2,22,23,24). The minimum absolute atomic E-state index is 0.108. The monoisotopic (exact) mass is 340 g/mol. The third kappa shape index (κ3) is 4.54. The lowest BCUT2D eigenvalue weighted by Gasteiger charge is -2.10. The molecule has 3 aromatic carbocycles. The zero-order valence-electron chi connectivity index (χ0n) is 13.0. The Bertz CT molecular complexity index is 868. The minimum Gasteiger partial charge on any atom is -0.457 e. The van der Waals surface area contributed by atoms with Gasteiger partial charge in [-0.15, -0.1) is 0 Å². The molecule has 25 heavy (non-hydrogen) atoms. The summed E-state index contributed by atoms with van der Waals surface area (Å²) in [7, 11) is 0. The Morgan fingerprint density at radius 3 is 2.16 bits per heavy atom. The number of amides is 2. The fourth-order valence-corrected chi connectivity index (χ4v) is 2.11. The molecule has 0 bridgehead atoms. The van der Waals surface area contributed by atoms with Crippen LogP contribution in [0.5, 0.6) is 11.5 Å². The van der Waals surface area contributed by atoms with Crippen molar-refractivity contribution in [3.05, 3.63) is 84.4 Å². The fraction of sp³-hybridized carbons (Fsp3) is 0. The molecule has 2 amide bonds. The van der Waals surface area contributed by atoms with Gasteiger partial charge in [-0.25, -0.2) is 13.6 Å². The van der Waals surface area contributed by atoms with Crippen molar-refractivity contribution in [3.8, 4) is 11.5 Å². The number of halogens is 2. The fourth-order valence-electron chi connectivity index (χ4n) is 2.11. The van der Waals surface area contributed by atoms with E-state index in [9.17, 15) is 13.6 Å². The van der Waals surface area contributed by atoms with Gasteiger partial charge in [-0.3, -0.25) is 0 Å². The van der Waals surface area contributed by atoms with E-state index in [2.05, 4.69) is 10.6 Å². The highest BCUT2D eigenvalue weighted by Crippen LogP contribution is 2.23. The van der Waals surface area contributed by atoms with E-state index < -0.39 is 17.7 Å². The van der Waals surface area contributed by atoms with E-state index in [0.717, 1.165) is 12.1 Å². The summed E-state index contributed by atoms with van der Waals surface area (Å²) in [5, 5.41) is 4.87. The number of hydrogen-bond acceptors (Lipinski definition) is 2. The maximum Gasteiger partial charge on any atom is 0.323 e. The number of rotatable bonds is 4. The van der Waals surface area contributed by atoms with E-state index in [-0.39, 0.29) is 5.69 Å². The smallest absolute Gasteiger partial charge is 0.323 e. The second-order valence-corrected chi connectivity index (χ2v) is 5.14. The molecule has 0 aliphatic heterocycles. The number of para-hydroxylation sites is 1. The third-order valence-electron chi connectivity index (χ3n) is 3.27. The van der Waals surface area contributed by atoms with Gasteiger partial charge in [0.15, 0.2) is 0 Å². The van der Waals surface area contributed by atoms with Crippen LogP contribution < -0.4 is 15.4 Å². The molecule has 4 nitrogen and oxygen atoms in total. The van der Waals surface area contributed by atoms with Crippen LogP contribution in [0.4, 0.5) is 25.0 Å². The van der Waals surface area contributed by atoms with Crippen LogP contribution in [-0.2, 0) is 0 Å². The number of hydrogen-bond donors (Lipinski definition) is 2. The molecular weight excluding hydrogens is 326 g/mol. The first kappa shape index (κ1) is 16.4. The predicted octanol–water partition coefficient (Wildman–Crippen LogP) is 5.40. The Kier molecular flexibility index (Phi) is 4.89. The Morgan fingerprint density at radius 2 is 1.48 bits per heavy atom. The van der Waals surface area contributed by atoms with E-state index in [1.807, 2.05) is 30.3 Å². The number of benzene rings is 3. The molecule has 0 aliphatic carbocycles. The van der Waals surface area contributed by atoms with Crippen molar-refractivity contribution in [1.82, 2.24) is 0 Å². The molecule has 0 heterocycles. The van der Waals surface area contributed by atoms with Crippen LogP contribution in [0.25, 0.3) is 0 Å². The Morgan fingerprint density at radius 1 is 0.800 bits per heavy atom. The Labute approximate surface area is 143 Å². The van der Waals surface area contributed by atoms with Gasteiger partial charge in [0.05, 0.1) is 5.69 Å². The quantitative estimate of drug-likeness (QED) is 0.668. The van der Waals surface area contributed by atoms with Gasteiger partial charge >= 0.3 is 6.03 Å². The maximum absolute atomic E-state index is 13.5. The summed E-state index contributed by atoms with van der Waals surface area (Å²) in [6.07, 6.45) is 0. The Hall–Kier alpha value is -3.41. The molecule has 0 saturated heterocycles. The van der Waals surface area contributed by atoms with E-state index in [4.69, 9.17) is 4.74 Å². The predicted molar refractivity (Wildman–Crippen MR) is 92.0 cm³/mol. The lowest BCUT2D eigenvalue weighted by atomic mass is 10.3. The molecule has 0 saturated carbocycles. The average molecular weight is 340 g/mol. The summed E-state index contributed by atoms with van der Waals surface area (Å²) in [6, 6.07) is 18.3. The zero-order chi connectivity index (χ0) is 17.6. The minimum atomic E-state index is -0.846. The summed E-state index contributed by atoms with van der Waals surface area (Å²) >= 11 is 0. The first-order valence-electron chi connectivity index (χ1n) is 7.46. The van der Waals surface area contributed by atoms with Gasteiger partial charge in [0, 0.05) is 11.8 Å². The van der Waals surface area contributed by atoms with Crippen molar-refractivity contribution in [1.29, 1.82) is 0 Å². The van der Waals surface area contributed by atoms with Crippen molar-refractivity contribution in [2.24, 2.45) is 0 Å². The zero-order valence-corrected chi connectivity index (χ0v) is 13.0. The van der Waals surface area contributed by atoms with E-state index in [0.29, 0.717) is 23.3 Å². The number of carbonyl (C=O) groups is 1. The van der Waals surface area contributed by atoms with Gasteiger partial charge in [0.2, 0.25) is 0 Å². The molecule has 6 heteroatoms. The third-order valence-corrected chi connectivity index (χ3v) is 3.27. The van der Waals surface area contributed by atoms with Crippen molar-refractivity contribution in [2.75, 3.05) is 10.6 Å². The van der Waals surface area contributed by atoms with Gasteiger partial charge in [0.25, 0.3) is 0 Å².